The van der Waals surface area contributed by atoms with Gasteiger partial charge in [0.25, 0.3) is 0 Å². The van der Waals surface area contributed by atoms with Crippen LogP contribution in [0.1, 0.15) is 49.7 Å². The van der Waals surface area contributed by atoms with Crippen molar-refractivity contribution in [3.05, 3.63) is 54.3 Å². The Morgan fingerprint density at radius 1 is 1.04 bits per heavy atom. The molecule has 0 saturated heterocycles. The van der Waals surface area contributed by atoms with Gasteiger partial charge < -0.3 is 9.09 Å². The number of fused-ring (bicyclic) bond motifs is 3. The molecule has 0 unspecified atom stereocenters. The first-order chi connectivity index (χ1) is 12.4. The fraction of sp³-hybridized carbons (Fsp3) is 0.350. The number of nitrogens with zero attached hydrogens (tertiary/aromatic N) is 4. The average molecular weight is 332 g/mol. The molecule has 0 atom stereocenters. The highest BCUT2D eigenvalue weighted by molar-refractivity contribution is 6.02. The van der Waals surface area contributed by atoms with E-state index in [-0.39, 0.29) is 0 Å². The van der Waals surface area contributed by atoms with Gasteiger partial charge >= 0.3 is 0 Å². The van der Waals surface area contributed by atoms with Crippen molar-refractivity contribution in [3.63, 3.8) is 0 Å². The lowest BCUT2D eigenvalue weighted by molar-refractivity contribution is 0.353. The summed E-state index contributed by atoms with van der Waals surface area (Å²) in [6.45, 7) is 0. The Balaban J connectivity index is 1.75. The number of rotatable bonds is 3. The van der Waals surface area contributed by atoms with Crippen LogP contribution in [0.4, 0.5) is 0 Å². The van der Waals surface area contributed by atoms with Crippen molar-refractivity contribution in [1.29, 1.82) is 0 Å². The summed E-state index contributed by atoms with van der Waals surface area (Å²) in [4.78, 5) is 9.53. The van der Waals surface area contributed by atoms with Gasteiger partial charge in [0.2, 0.25) is 0 Å². The summed E-state index contributed by atoms with van der Waals surface area (Å²) in [6, 6.07) is 10.8. The van der Waals surface area contributed by atoms with Crippen molar-refractivity contribution in [2.75, 3.05) is 0 Å². The van der Waals surface area contributed by atoms with Gasteiger partial charge in [-0.25, -0.2) is 4.98 Å². The first-order valence-corrected chi connectivity index (χ1v) is 9.04. The molecule has 1 saturated carbocycles. The second-order valence-electron chi connectivity index (χ2n) is 6.87. The number of pyridine rings is 1. The van der Waals surface area contributed by atoms with Gasteiger partial charge in [-0.1, -0.05) is 42.6 Å². The van der Waals surface area contributed by atoms with Crippen LogP contribution >= 0.6 is 0 Å². The molecular formula is C20H20N4O. The van der Waals surface area contributed by atoms with E-state index >= 15 is 0 Å². The van der Waals surface area contributed by atoms with E-state index in [2.05, 4.69) is 32.9 Å². The Kier molecular flexibility index (Phi) is 3.51. The van der Waals surface area contributed by atoms with Gasteiger partial charge in [-0.15, -0.1) is 0 Å². The molecule has 0 radical (unpaired) electrons. The molecule has 4 aromatic rings. The summed E-state index contributed by atoms with van der Waals surface area (Å²) >= 11 is 0. The van der Waals surface area contributed by atoms with Crippen molar-refractivity contribution >= 4 is 21.9 Å². The normalized spacial score (nSPS) is 16.0. The third kappa shape index (κ3) is 2.51. The molecule has 5 nitrogen and oxygen atoms in total. The van der Waals surface area contributed by atoms with Crippen LogP contribution in [-0.4, -0.2) is 19.7 Å². The predicted molar refractivity (Wildman–Crippen MR) is 96.5 cm³/mol. The highest BCUT2D eigenvalue weighted by atomic mass is 16.5. The van der Waals surface area contributed by atoms with Crippen molar-refractivity contribution in [2.45, 2.75) is 44.6 Å². The molecule has 0 N–H and O–H groups in total. The van der Waals surface area contributed by atoms with E-state index in [9.17, 15) is 0 Å². The van der Waals surface area contributed by atoms with Crippen LogP contribution in [0.15, 0.2) is 47.3 Å². The third-order valence-electron chi connectivity index (χ3n) is 5.27. The Hall–Kier alpha value is -2.69. The van der Waals surface area contributed by atoms with Crippen LogP contribution in [0.5, 0.6) is 0 Å². The minimum atomic E-state index is 0.506. The van der Waals surface area contributed by atoms with Gasteiger partial charge in [0.1, 0.15) is 17.6 Å². The van der Waals surface area contributed by atoms with Crippen molar-refractivity contribution < 1.29 is 4.52 Å². The second kappa shape index (κ2) is 5.99. The minimum Gasteiger partial charge on any atom is -0.364 e. The lowest BCUT2D eigenvalue weighted by Gasteiger charge is -2.25. The molecule has 5 heteroatoms. The number of hydrogen-bond acceptors (Lipinski definition) is 4. The second-order valence-corrected chi connectivity index (χ2v) is 6.87. The zero-order valence-corrected chi connectivity index (χ0v) is 14.1. The lowest BCUT2D eigenvalue weighted by atomic mass is 9.95. The standard InChI is InChI=1S/C20H20N4O/c1-2-6-15(7-3-1)24-19(12-14-10-11-25-23-14)22-18-13-21-17-9-5-4-8-16(17)20(18)24/h4-5,8-11,13,15H,1-3,6-7,12H2. The van der Waals surface area contributed by atoms with E-state index in [1.807, 2.05) is 18.3 Å². The highest BCUT2D eigenvalue weighted by Crippen LogP contribution is 2.35. The van der Waals surface area contributed by atoms with Gasteiger partial charge in [-0.05, 0) is 18.9 Å². The molecule has 1 fully saturated rings. The Bertz CT molecular complexity index is 1010. The maximum Gasteiger partial charge on any atom is 0.124 e. The van der Waals surface area contributed by atoms with Gasteiger partial charge in [0, 0.05) is 17.5 Å². The topological polar surface area (TPSA) is 56.7 Å². The Morgan fingerprint density at radius 3 is 2.76 bits per heavy atom. The Morgan fingerprint density at radius 2 is 1.92 bits per heavy atom. The third-order valence-corrected chi connectivity index (χ3v) is 5.27. The molecule has 126 valence electrons. The maximum absolute atomic E-state index is 5.02. The molecule has 0 amide bonds. The summed E-state index contributed by atoms with van der Waals surface area (Å²) in [5.74, 6) is 1.06. The molecule has 0 aliphatic heterocycles. The first kappa shape index (κ1) is 14.6. The number of imidazole rings is 1. The summed E-state index contributed by atoms with van der Waals surface area (Å²) in [7, 11) is 0. The zero-order valence-electron chi connectivity index (χ0n) is 14.1. The molecule has 1 aliphatic carbocycles. The number of para-hydroxylation sites is 1. The molecule has 5 rings (SSSR count). The van der Waals surface area contributed by atoms with Crippen LogP contribution in [0.25, 0.3) is 21.9 Å². The lowest BCUT2D eigenvalue weighted by Crippen LogP contribution is -2.16. The van der Waals surface area contributed by atoms with E-state index in [0.29, 0.717) is 12.5 Å². The molecular weight excluding hydrogens is 312 g/mol. The average Bonchev–Trinajstić information content (AvgIpc) is 3.30. The highest BCUT2D eigenvalue weighted by Gasteiger charge is 2.23. The molecule has 25 heavy (non-hydrogen) atoms. The van der Waals surface area contributed by atoms with Crippen LogP contribution in [-0.2, 0) is 6.42 Å². The van der Waals surface area contributed by atoms with Crippen molar-refractivity contribution in [2.24, 2.45) is 0 Å². The number of hydrogen-bond donors (Lipinski definition) is 0. The van der Waals surface area contributed by atoms with E-state index in [0.717, 1.165) is 22.6 Å². The van der Waals surface area contributed by atoms with Crippen LogP contribution in [0, 0.1) is 0 Å². The van der Waals surface area contributed by atoms with E-state index in [1.54, 1.807) is 6.26 Å². The predicted octanol–water partition coefficient (Wildman–Crippen LogP) is 4.67. The monoisotopic (exact) mass is 332 g/mol. The van der Waals surface area contributed by atoms with Gasteiger partial charge in [0.05, 0.1) is 29.3 Å². The molecule has 3 aromatic heterocycles. The largest absolute Gasteiger partial charge is 0.364 e. The fourth-order valence-corrected chi connectivity index (χ4v) is 4.12. The fourth-order valence-electron chi connectivity index (χ4n) is 4.12. The van der Waals surface area contributed by atoms with Crippen molar-refractivity contribution in [1.82, 2.24) is 19.7 Å². The van der Waals surface area contributed by atoms with Gasteiger partial charge in [0.15, 0.2) is 0 Å². The smallest absolute Gasteiger partial charge is 0.124 e. The van der Waals surface area contributed by atoms with E-state index in [1.165, 1.54) is 43.0 Å². The molecule has 0 spiro atoms. The Labute approximate surface area is 145 Å². The number of aromatic nitrogens is 4. The van der Waals surface area contributed by atoms with Crippen LogP contribution in [0.2, 0.25) is 0 Å². The summed E-state index contributed by atoms with van der Waals surface area (Å²) in [5, 5.41) is 5.27. The zero-order chi connectivity index (χ0) is 16.6. The van der Waals surface area contributed by atoms with E-state index < -0.39 is 0 Å². The number of benzene rings is 1. The van der Waals surface area contributed by atoms with Crippen molar-refractivity contribution in [3.8, 4) is 0 Å². The van der Waals surface area contributed by atoms with Gasteiger partial charge in [-0.3, -0.25) is 4.98 Å². The molecule has 1 aliphatic rings. The SMILES string of the molecule is c1ccc2c(c1)ncc1nc(Cc3ccon3)n(C3CCCCC3)c12. The summed E-state index contributed by atoms with van der Waals surface area (Å²) in [5.41, 5.74) is 4.14. The first-order valence-electron chi connectivity index (χ1n) is 9.04. The molecule has 3 heterocycles. The summed E-state index contributed by atoms with van der Waals surface area (Å²) in [6.07, 6.45) is 10.6. The van der Waals surface area contributed by atoms with Crippen LogP contribution < -0.4 is 0 Å². The molecule has 0 bridgehead atoms. The van der Waals surface area contributed by atoms with Gasteiger partial charge in [-0.2, -0.15) is 0 Å². The maximum atomic E-state index is 5.02. The molecule has 1 aromatic carbocycles. The minimum absolute atomic E-state index is 0.506. The quantitative estimate of drug-likeness (QED) is 0.547. The van der Waals surface area contributed by atoms with E-state index in [4.69, 9.17) is 9.51 Å². The van der Waals surface area contributed by atoms with Crippen LogP contribution in [0.3, 0.4) is 0 Å². The summed E-state index contributed by atoms with van der Waals surface area (Å²) < 4.78 is 7.48.